The normalized spacial score (nSPS) is 14.2. The summed E-state index contributed by atoms with van der Waals surface area (Å²) in [6, 6.07) is 7.84. The Morgan fingerprint density at radius 3 is 2.46 bits per heavy atom. The minimum atomic E-state index is -0.0839. The van der Waals surface area contributed by atoms with E-state index < -0.39 is 0 Å². The lowest BCUT2D eigenvalue weighted by Gasteiger charge is -2.18. The molecule has 0 atom stereocenters. The quantitative estimate of drug-likeness (QED) is 0.743. The lowest BCUT2D eigenvalue weighted by molar-refractivity contribution is 0.103. The fraction of sp³-hybridized carbons (Fsp3) is 0.350. The third-order valence-electron chi connectivity index (χ3n) is 4.80. The molecule has 0 radical (unpaired) electrons. The molecule has 134 valence electrons. The van der Waals surface area contributed by atoms with Gasteiger partial charge in [-0.2, -0.15) is 0 Å². The van der Waals surface area contributed by atoms with Crippen LogP contribution < -0.4 is 10.2 Å². The smallest absolute Gasteiger partial charge is 0.266 e. The number of carbonyl (C=O) groups excluding carboxylic acids is 1. The van der Waals surface area contributed by atoms with Gasteiger partial charge in [0.1, 0.15) is 16.5 Å². The Bertz CT molecular complexity index is 972. The van der Waals surface area contributed by atoms with Crippen LogP contribution in [0.4, 0.5) is 11.5 Å². The van der Waals surface area contributed by atoms with Crippen LogP contribution in [0.15, 0.2) is 24.3 Å². The number of nitrogens with zero attached hydrogens (tertiary/aromatic N) is 3. The lowest BCUT2D eigenvalue weighted by Crippen LogP contribution is -2.20. The third-order valence-corrected chi connectivity index (χ3v) is 5.99. The Morgan fingerprint density at radius 2 is 1.77 bits per heavy atom. The van der Waals surface area contributed by atoms with Crippen LogP contribution in [-0.2, 0) is 0 Å². The van der Waals surface area contributed by atoms with Crippen molar-refractivity contribution in [1.82, 2.24) is 9.97 Å². The number of aromatic nitrogens is 2. The number of amides is 1. The van der Waals surface area contributed by atoms with Crippen molar-refractivity contribution in [2.45, 2.75) is 33.6 Å². The Labute approximate surface area is 157 Å². The minimum absolute atomic E-state index is 0.0839. The molecule has 26 heavy (non-hydrogen) atoms. The maximum Gasteiger partial charge on any atom is 0.266 e. The molecule has 1 saturated heterocycles. The number of fused-ring (bicyclic) bond motifs is 1. The average molecular weight is 366 g/mol. The van der Waals surface area contributed by atoms with E-state index >= 15 is 0 Å². The molecule has 0 aliphatic carbocycles. The highest BCUT2D eigenvalue weighted by Gasteiger charge is 2.24. The first kappa shape index (κ1) is 17.0. The van der Waals surface area contributed by atoms with Gasteiger partial charge in [-0.3, -0.25) is 4.79 Å². The number of carbonyl (C=O) groups is 1. The largest absolute Gasteiger partial charge is 0.356 e. The number of thiophene rings is 1. The van der Waals surface area contributed by atoms with Gasteiger partial charge >= 0.3 is 0 Å². The molecular formula is C20H22N4OS. The van der Waals surface area contributed by atoms with Gasteiger partial charge in [0.2, 0.25) is 0 Å². The molecule has 5 nitrogen and oxygen atoms in total. The van der Waals surface area contributed by atoms with E-state index in [4.69, 9.17) is 4.98 Å². The van der Waals surface area contributed by atoms with Crippen molar-refractivity contribution in [1.29, 1.82) is 0 Å². The molecule has 1 N–H and O–H groups in total. The molecule has 0 spiro atoms. The Balaban J connectivity index is 1.73. The van der Waals surface area contributed by atoms with Gasteiger partial charge in [-0.05, 0) is 51.3 Å². The van der Waals surface area contributed by atoms with Crippen LogP contribution in [-0.4, -0.2) is 29.0 Å². The fourth-order valence-corrected chi connectivity index (χ4v) is 4.54. The number of anilines is 2. The second kappa shape index (κ2) is 6.68. The highest BCUT2D eigenvalue weighted by molar-refractivity contribution is 7.20. The predicted octanol–water partition coefficient (Wildman–Crippen LogP) is 4.47. The Morgan fingerprint density at radius 1 is 1.08 bits per heavy atom. The van der Waals surface area contributed by atoms with E-state index in [0.717, 1.165) is 46.2 Å². The van der Waals surface area contributed by atoms with E-state index in [1.54, 1.807) is 0 Å². The van der Waals surface area contributed by atoms with Crippen molar-refractivity contribution in [3.8, 4) is 0 Å². The summed E-state index contributed by atoms with van der Waals surface area (Å²) in [6.07, 6.45) is 2.38. The number of rotatable bonds is 3. The number of hydrogen-bond donors (Lipinski definition) is 1. The van der Waals surface area contributed by atoms with Crippen molar-refractivity contribution >= 4 is 39.0 Å². The van der Waals surface area contributed by atoms with Crippen molar-refractivity contribution in [3.05, 3.63) is 46.1 Å². The summed E-state index contributed by atoms with van der Waals surface area (Å²) in [5.74, 6) is 1.65. The summed E-state index contributed by atoms with van der Waals surface area (Å²) in [5, 5.41) is 4.03. The Hall–Kier alpha value is -2.47. The summed E-state index contributed by atoms with van der Waals surface area (Å²) in [6.45, 7) is 7.99. The molecule has 3 aromatic rings. The van der Waals surface area contributed by atoms with E-state index in [1.807, 2.05) is 45.0 Å². The second-order valence-electron chi connectivity index (χ2n) is 6.85. The molecule has 2 aromatic heterocycles. The highest BCUT2D eigenvalue weighted by Crippen LogP contribution is 2.36. The van der Waals surface area contributed by atoms with Crippen LogP contribution in [0.5, 0.6) is 0 Å². The van der Waals surface area contributed by atoms with Gasteiger partial charge in [-0.1, -0.05) is 17.7 Å². The summed E-state index contributed by atoms with van der Waals surface area (Å²) in [7, 11) is 0. The summed E-state index contributed by atoms with van der Waals surface area (Å²) < 4.78 is 0. The van der Waals surface area contributed by atoms with E-state index in [2.05, 4.69) is 15.2 Å². The van der Waals surface area contributed by atoms with Crippen LogP contribution in [0.25, 0.3) is 10.2 Å². The van der Waals surface area contributed by atoms with Gasteiger partial charge in [0.15, 0.2) is 0 Å². The topological polar surface area (TPSA) is 58.1 Å². The zero-order valence-electron chi connectivity index (χ0n) is 15.3. The summed E-state index contributed by atoms with van der Waals surface area (Å²) >= 11 is 1.45. The van der Waals surface area contributed by atoms with Crippen LogP contribution >= 0.6 is 11.3 Å². The maximum absolute atomic E-state index is 12.8. The van der Waals surface area contributed by atoms with E-state index in [9.17, 15) is 4.79 Å². The van der Waals surface area contributed by atoms with Gasteiger partial charge in [-0.25, -0.2) is 9.97 Å². The lowest BCUT2D eigenvalue weighted by atomic mass is 10.1. The zero-order valence-corrected chi connectivity index (χ0v) is 16.1. The van der Waals surface area contributed by atoms with Crippen LogP contribution in [0.3, 0.4) is 0 Å². The first-order chi connectivity index (χ1) is 12.5. The van der Waals surface area contributed by atoms with E-state index in [0.29, 0.717) is 4.88 Å². The average Bonchev–Trinajstić information content (AvgIpc) is 3.25. The number of benzene rings is 1. The maximum atomic E-state index is 12.8. The van der Waals surface area contributed by atoms with Crippen molar-refractivity contribution < 1.29 is 4.79 Å². The van der Waals surface area contributed by atoms with Gasteiger partial charge in [0, 0.05) is 18.8 Å². The molecule has 0 bridgehead atoms. The molecule has 0 unspecified atom stereocenters. The molecule has 0 saturated carbocycles. The van der Waals surface area contributed by atoms with Gasteiger partial charge in [-0.15, -0.1) is 11.3 Å². The molecular weight excluding hydrogens is 344 g/mol. The van der Waals surface area contributed by atoms with Crippen LogP contribution in [0.1, 0.15) is 39.5 Å². The number of hydrogen-bond acceptors (Lipinski definition) is 5. The SMILES string of the molecule is Cc1ccc(NC(=O)c2sc3nc(C)nc(N4CCCC4)c3c2C)cc1. The number of nitrogens with one attached hydrogen (secondary N) is 1. The van der Waals surface area contributed by atoms with E-state index in [1.165, 1.54) is 29.7 Å². The molecule has 1 aromatic carbocycles. The van der Waals surface area contributed by atoms with Crippen molar-refractivity contribution in [2.24, 2.45) is 0 Å². The second-order valence-corrected chi connectivity index (χ2v) is 7.84. The van der Waals surface area contributed by atoms with E-state index in [-0.39, 0.29) is 5.91 Å². The minimum Gasteiger partial charge on any atom is -0.356 e. The molecule has 6 heteroatoms. The first-order valence-corrected chi connectivity index (χ1v) is 9.75. The molecule has 1 aliphatic heterocycles. The molecule has 1 aliphatic rings. The predicted molar refractivity (Wildman–Crippen MR) is 107 cm³/mol. The fourth-order valence-electron chi connectivity index (χ4n) is 3.42. The van der Waals surface area contributed by atoms with Crippen LogP contribution in [0.2, 0.25) is 0 Å². The zero-order chi connectivity index (χ0) is 18.3. The first-order valence-electron chi connectivity index (χ1n) is 8.93. The standard InChI is InChI=1S/C20H22N4OS/c1-12-6-8-15(9-7-12)23-19(25)17-13(2)16-18(24-10-4-5-11-24)21-14(3)22-20(16)26-17/h6-9H,4-5,10-11H2,1-3H3,(H,23,25). The Kier molecular flexibility index (Phi) is 4.36. The molecule has 4 rings (SSSR count). The van der Waals surface area contributed by atoms with Crippen molar-refractivity contribution in [2.75, 3.05) is 23.3 Å². The molecule has 1 fully saturated rings. The number of aryl methyl sites for hydroxylation is 3. The van der Waals surface area contributed by atoms with Gasteiger partial charge in [0.25, 0.3) is 5.91 Å². The molecule has 3 heterocycles. The summed E-state index contributed by atoms with van der Waals surface area (Å²) in [4.78, 5) is 26.1. The monoisotopic (exact) mass is 366 g/mol. The highest BCUT2D eigenvalue weighted by atomic mass is 32.1. The van der Waals surface area contributed by atoms with Crippen LogP contribution in [0, 0.1) is 20.8 Å². The summed E-state index contributed by atoms with van der Waals surface area (Å²) in [5.41, 5.74) is 2.94. The van der Waals surface area contributed by atoms with Gasteiger partial charge in [0.05, 0.1) is 10.3 Å². The molecule has 1 amide bonds. The van der Waals surface area contributed by atoms with Gasteiger partial charge < -0.3 is 10.2 Å². The third kappa shape index (κ3) is 3.05. The van der Waals surface area contributed by atoms with Crippen molar-refractivity contribution in [3.63, 3.8) is 0 Å².